The quantitative estimate of drug-likeness (QED) is 0.778. The highest BCUT2D eigenvalue weighted by molar-refractivity contribution is 5.72. The molecule has 1 aromatic carbocycles. The van der Waals surface area contributed by atoms with E-state index in [4.69, 9.17) is 9.47 Å². The minimum Gasteiger partial charge on any atom is -0.475 e. The SMILES string of the molecule is CC1COc2nccc(-c3ccccc3)c2CN1C(=O)OC(C)(C)C. The Kier molecular flexibility index (Phi) is 4.66. The fraction of sp³-hybridized carbons (Fsp3) is 0.400. The Balaban J connectivity index is 1.98. The number of amides is 1. The number of carbonyl (C=O) groups excluding carboxylic acids is 1. The molecule has 0 saturated heterocycles. The molecule has 25 heavy (non-hydrogen) atoms. The van der Waals surface area contributed by atoms with Crippen LogP contribution in [0.3, 0.4) is 0 Å². The van der Waals surface area contributed by atoms with Crippen molar-refractivity contribution in [2.75, 3.05) is 6.61 Å². The predicted molar refractivity (Wildman–Crippen MR) is 96.4 cm³/mol. The number of ether oxygens (including phenoxy) is 2. The summed E-state index contributed by atoms with van der Waals surface area (Å²) in [5.74, 6) is 0.583. The Morgan fingerprint density at radius 3 is 2.64 bits per heavy atom. The first-order valence-electron chi connectivity index (χ1n) is 8.51. The lowest BCUT2D eigenvalue weighted by Gasteiger charge is -2.30. The van der Waals surface area contributed by atoms with Gasteiger partial charge in [0.2, 0.25) is 5.88 Å². The Labute approximate surface area is 148 Å². The van der Waals surface area contributed by atoms with Crippen molar-refractivity contribution in [2.24, 2.45) is 0 Å². The number of hydrogen-bond donors (Lipinski definition) is 0. The van der Waals surface area contributed by atoms with Crippen LogP contribution in [0, 0.1) is 0 Å². The molecule has 0 saturated carbocycles. The molecule has 0 N–H and O–H groups in total. The molecule has 0 bridgehead atoms. The highest BCUT2D eigenvalue weighted by Gasteiger charge is 2.31. The largest absolute Gasteiger partial charge is 0.475 e. The van der Waals surface area contributed by atoms with E-state index in [1.807, 2.05) is 64.1 Å². The van der Waals surface area contributed by atoms with Crippen LogP contribution in [0.1, 0.15) is 33.3 Å². The second kappa shape index (κ2) is 6.75. The third-order valence-corrected chi connectivity index (χ3v) is 4.05. The van der Waals surface area contributed by atoms with E-state index in [1.165, 1.54) is 0 Å². The van der Waals surface area contributed by atoms with Crippen molar-refractivity contribution >= 4 is 6.09 Å². The van der Waals surface area contributed by atoms with E-state index in [2.05, 4.69) is 4.98 Å². The van der Waals surface area contributed by atoms with Gasteiger partial charge in [0, 0.05) is 11.8 Å². The van der Waals surface area contributed by atoms with E-state index < -0.39 is 5.60 Å². The molecule has 5 heteroatoms. The second-order valence-corrected chi connectivity index (χ2v) is 7.28. The van der Waals surface area contributed by atoms with Gasteiger partial charge >= 0.3 is 6.09 Å². The van der Waals surface area contributed by atoms with Gasteiger partial charge in [0.05, 0.1) is 12.6 Å². The number of rotatable bonds is 1. The average molecular weight is 340 g/mol. The zero-order valence-electron chi connectivity index (χ0n) is 15.2. The van der Waals surface area contributed by atoms with Gasteiger partial charge in [0.25, 0.3) is 0 Å². The number of carbonyl (C=O) groups is 1. The van der Waals surface area contributed by atoms with E-state index in [-0.39, 0.29) is 12.1 Å². The van der Waals surface area contributed by atoms with Gasteiger partial charge in [-0.3, -0.25) is 4.90 Å². The van der Waals surface area contributed by atoms with E-state index in [0.29, 0.717) is 19.0 Å². The maximum atomic E-state index is 12.7. The van der Waals surface area contributed by atoms with Crippen molar-refractivity contribution in [3.8, 4) is 17.0 Å². The van der Waals surface area contributed by atoms with Crippen LogP contribution in [0.15, 0.2) is 42.6 Å². The lowest BCUT2D eigenvalue weighted by Crippen LogP contribution is -2.43. The normalized spacial score (nSPS) is 17.3. The van der Waals surface area contributed by atoms with E-state index in [1.54, 1.807) is 11.1 Å². The molecule has 2 aromatic rings. The van der Waals surface area contributed by atoms with Gasteiger partial charge in [0.1, 0.15) is 12.2 Å². The predicted octanol–water partition coefficient (Wildman–Crippen LogP) is 4.27. The summed E-state index contributed by atoms with van der Waals surface area (Å²) in [5, 5.41) is 0. The van der Waals surface area contributed by atoms with Gasteiger partial charge in [-0.25, -0.2) is 9.78 Å². The summed E-state index contributed by atoms with van der Waals surface area (Å²) in [7, 11) is 0. The summed E-state index contributed by atoms with van der Waals surface area (Å²) in [4.78, 5) is 18.7. The highest BCUT2D eigenvalue weighted by Crippen LogP contribution is 2.33. The van der Waals surface area contributed by atoms with Crippen LogP contribution in [0.4, 0.5) is 4.79 Å². The van der Waals surface area contributed by atoms with Crippen LogP contribution in [0.5, 0.6) is 5.88 Å². The van der Waals surface area contributed by atoms with E-state index >= 15 is 0 Å². The van der Waals surface area contributed by atoms with Crippen molar-refractivity contribution in [1.29, 1.82) is 0 Å². The molecule has 1 amide bonds. The van der Waals surface area contributed by atoms with Gasteiger partial charge in [0.15, 0.2) is 0 Å². The van der Waals surface area contributed by atoms with Crippen LogP contribution in [0.2, 0.25) is 0 Å². The summed E-state index contributed by atoms with van der Waals surface area (Å²) in [6, 6.07) is 11.9. The van der Waals surface area contributed by atoms with Crippen LogP contribution in [-0.2, 0) is 11.3 Å². The maximum Gasteiger partial charge on any atom is 0.410 e. The van der Waals surface area contributed by atoms with Crippen LogP contribution < -0.4 is 4.74 Å². The summed E-state index contributed by atoms with van der Waals surface area (Å²) >= 11 is 0. The molecule has 1 aromatic heterocycles. The molecule has 1 aliphatic rings. The first-order valence-corrected chi connectivity index (χ1v) is 8.51. The topological polar surface area (TPSA) is 51.7 Å². The van der Waals surface area contributed by atoms with Crippen molar-refractivity contribution in [3.05, 3.63) is 48.2 Å². The third kappa shape index (κ3) is 3.92. The van der Waals surface area contributed by atoms with E-state index in [9.17, 15) is 4.79 Å². The van der Waals surface area contributed by atoms with Crippen molar-refractivity contribution in [3.63, 3.8) is 0 Å². The monoisotopic (exact) mass is 340 g/mol. The summed E-state index contributed by atoms with van der Waals surface area (Å²) in [5.41, 5.74) is 2.46. The summed E-state index contributed by atoms with van der Waals surface area (Å²) < 4.78 is 11.4. The number of hydrogen-bond acceptors (Lipinski definition) is 4. The molecule has 1 unspecified atom stereocenters. The maximum absolute atomic E-state index is 12.7. The number of nitrogens with zero attached hydrogens (tertiary/aromatic N) is 2. The van der Waals surface area contributed by atoms with Crippen LogP contribution >= 0.6 is 0 Å². The first-order chi connectivity index (χ1) is 11.8. The first kappa shape index (κ1) is 17.3. The molecule has 1 aliphatic heterocycles. The van der Waals surface area contributed by atoms with Crippen LogP contribution in [0.25, 0.3) is 11.1 Å². The van der Waals surface area contributed by atoms with Gasteiger partial charge in [-0.15, -0.1) is 0 Å². The number of aromatic nitrogens is 1. The Morgan fingerprint density at radius 2 is 1.96 bits per heavy atom. The number of fused-ring (bicyclic) bond motifs is 1. The highest BCUT2D eigenvalue weighted by atomic mass is 16.6. The zero-order valence-corrected chi connectivity index (χ0v) is 15.2. The molecule has 0 fully saturated rings. The Hall–Kier alpha value is -2.56. The summed E-state index contributed by atoms with van der Waals surface area (Å²) in [6.07, 6.45) is 1.41. The Morgan fingerprint density at radius 1 is 1.24 bits per heavy atom. The average Bonchev–Trinajstić information content (AvgIpc) is 2.73. The third-order valence-electron chi connectivity index (χ3n) is 4.05. The molecular weight excluding hydrogens is 316 g/mol. The van der Waals surface area contributed by atoms with Gasteiger partial charge < -0.3 is 9.47 Å². The minimum absolute atomic E-state index is 0.104. The fourth-order valence-corrected chi connectivity index (χ4v) is 2.82. The fourth-order valence-electron chi connectivity index (χ4n) is 2.82. The van der Waals surface area contributed by atoms with Gasteiger partial charge in [-0.1, -0.05) is 30.3 Å². The van der Waals surface area contributed by atoms with Crippen LogP contribution in [-0.4, -0.2) is 34.2 Å². The standard InChI is InChI=1S/C20H24N2O3/c1-14-13-24-18-17(12-22(14)19(23)25-20(2,3)4)16(10-11-21-18)15-8-6-5-7-9-15/h5-11,14H,12-13H2,1-4H3. The van der Waals surface area contributed by atoms with Crippen molar-refractivity contribution < 1.29 is 14.3 Å². The minimum atomic E-state index is -0.538. The molecule has 5 nitrogen and oxygen atoms in total. The van der Waals surface area contributed by atoms with Gasteiger partial charge in [-0.05, 0) is 44.9 Å². The Bertz CT molecular complexity index is 753. The van der Waals surface area contributed by atoms with Crippen molar-refractivity contribution in [1.82, 2.24) is 9.88 Å². The zero-order chi connectivity index (χ0) is 18.0. The number of pyridine rings is 1. The molecule has 1 atom stereocenters. The van der Waals surface area contributed by atoms with Crippen molar-refractivity contribution in [2.45, 2.75) is 45.9 Å². The van der Waals surface area contributed by atoms with E-state index in [0.717, 1.165) is 16.7 Å². The molecule has 3 rings (SSSR count). The molecule has 0 aliphatic carbocycles. The smallest absolute Gasteiger partial charge is 0.410 e. The molecule has 2 heterocycles. The molecule has 0 spiro atoms. The molecule has 132 valence electrons. The molecular formula is C20H24N2O3. The van der Waals surface area contributed by atoms with Gasteiger partial charge in [-0.2, -0.15) is 0 Å². The molecule has 0 radical (unpaired) electrons. The summed E-state index contributed by atoms with van der Waals surface area (Å²) in [6.45, 7) is 8.36. The second-order valence-electron chi connectivity index (χ2n) is 7.28. The lowest BCUT2D eigenvalue weighted by atomic mass is 10.0. The number of benzene rings is 1. The lowest BCUT2D eigenvalue weighted by molar-refractivity contribution is 0.0132.